The van der Waals surface area contributed by atoms with E-state index in [1.165, 1.54) is 17.8 Å². The van der Waals surface area contributed by atoms with E-state index in [4.69, 9.17) is 20.2 Å². The maximum atomic E-state index is 5.89. The average Bonchev–Trinajstić information content (AvgIpc) is 3.02. The second-order valence-electron chi connectivity index (χ2n) is 4.78. The van der Waals surface area contributed by atoms with Gasteiger partial charge in [-0.25, -0.2) is 4.98 Å². The Kier molecular flexibility index (Phi) is 3.17. The van der Waals surface area contributed by atoms with Gasteiger partial charge in [0, 0.05) is 24.4 Å². The molecule has 2 aliphatic heterocycles. The molecule has 2 fully saturated rings. The lowest BCUT2D eigenvalue weighted by Gasteiger charge is -2.15. The molecule has 94 valence electrons. The van der Waals surface area contributed by atoms with Crippen molar-refractivity contribution in [2.75, 3.05) is 7.11 Å². The van der Waals surface area contributed by atoms with E-state index in [1.54, 1.807) is 18.4 Å². The van der Waals surface area contributed by atoms with Crippen LogP contribution in [0.2, 0.25) is 0 Å². The summed E-state index contributed by atoms with van der Waals surface area (Å²) in [5.41, 5.74) is 6.76. The second-order valence-corrected chi connectivity index (χ2v) is 5.89. The van der Waals surface area contributed by atoms with E-state index in [2.05, 4.69) is 0 Å². The van der Waals surface area contributed by atoms with Crippen LogP contribution >= 0.6 is 11.3 Å². The maximum absolute atomic E-state index is 5.89. The van der Waals surface area contributed by atoms with Crippen molar-refractivity contribution in [3.63, 3.8) is 0 Å². The number of hydrogen-bond acceptors (Lipinski definition) is 5. The molecule has 0 saturated carbocycles. The minimum atomic E-state index is 0.396. The number of hydrogen-bond donors (Lipinski definition) is 1. The summed E-state index contributed by atoms with van der Waals surface area (Å²) in [5, 5.41) is 1.20. The van der Waals surface area contributed by atoms with E-state index in [-0.39, 0.29) is 0 Å². The first-order valence-electron chi connectivity index (χ1n) is 6.14. The number of rotatable bonds is 4. The van der Waals surface area contributed by atoms with Gasteiger partial charge in [-0.3, -0.25) is 0 Å². The fraction of sp³-hybridized carbons (Fsp3) is 0.750. The standard InChI is InChI=1S/C12H18N2O2S/c1-15-6-9-11(5-13)17-12(14-9)8-4-7-2-3-10(8)16-7/h7-8,10H,2-6,13H2,1H3. The van der Waals surface area contributed by atoms with Crippen LogP contribution in [0.3, 0.4) is 0 Å². The molecule has 1 aromatic rings. The van der Waals surface area contributed by atoms with Crippen LogP contribution in [0.1, 0.15) is 40.8 Å². The zero-order valence-electron chi connectivity index (χ0n) is 10.0. The third-order valence-corrected chi connectivity index (χ3v) is 4.94. The number of aromatic nitrogens is 1. The van der Waals surface area contributed by atoms with Crippen LogP contribution in [0.15, 0.2) is 0 Å². The van der Waals surface area contributed by atoms with Gasteiger partial charge >= 0.3 is 0 Å². The summed E-state index contributed by atoms with van der Waals surface area (Å²) in [7, 11) is 1.69. The molecule has 2 saturated heterocycles. The molecule has 3 heterocycles. The van der Waals surface area contributed by atoms with Crippen LogP contribution in [0.25, 0.3) is 0 Å². The monoisotopic (exact) mass is 254 g/mol. The summed E-state index contributed by atoms with van der Waals surface area (Å²) >= 11 is 1.74. The van der Waals surface area contributed by atoms with E-state index in [0.29, 0.717) is 31.3 Å². The SMILES string of the molecule is COCc1nc(C2CC3CCC2O3)sc1CN. The maximum Gasteiger partial charge on any atom is 0.0990 e. The third kappa shape index (κ3) is 2.01. The van der Waals surface area contributed by atoms with Gasteiger partial charge < -0.3 is 15.2 Å². The molecule has 0 aliphatic carbocycles. The minimum absolute atomic E-state index is 0.396. The van der Waals surface area contributed by atoms with Crippen LogP contribution in [0.5, 0.6) is 0 Å². The molecule has 0 aromatic carbocycles. The first kappa shape index (κ1) is 11.6. The van der Waals surface area contributed by atoms with Crippen molar-refractivity contribution in [1.82, 2.24) is 4.98 Å². The van der Waals surface area contributed by atoms with Gasteiger partial charge in [0.05, 0.1) is 29.5 Å². The number of methoxy groups -OCH3 is 1. The summed E-state index contributed by atoms with van der Waals surface area (Å²) in [6.45, 7) is 1.11. The van der Waals surface area contributed by atoms with Gasteiger partial charge in [-0.2, -0.15) is 0 Å². The Morgan fingerprint density at radius 3 is 3.00 bits per heavy atom. The first-order chi connectivity index (χ1) is 8.31. The van der Waals surface area contributed by atoms with Crippen molar-refractivity contribution in [3.8, 4) is 0 Å². The molecule has 17 heavy (non-hydrogen) atoms. The van der Waals surface area contributed by atoms with Crippen molar-refractivity contribution < 1.29 is 9.47 Å². The zero-order chi connectivity index (χ0) is 11.8. The number of fused-ring (bicyclic) bond motifs is 2. The highest BCUT2D eigenvalue weighted by molar-refractivity contribution is 7.11. The Balaban J connectivity index is 1.83. The summed E-state index contributed by atoms with van der Waals surface area (Å²) < 4.78 is 11.1. The molecule has 1 aromatic heterocycles. The van der Waals surface area contributed by atoms with Crippen LogP contribution in [0, 0.1) is 0 Å². The number of nitrogens with zero attached hydrogens (tertiary/aromatic N) is 1. The number of nitrogens with two attached hydrogens (primary N) is 1. The summed E-state index contributed by atoms with van der Waals surface area (Å²) in [5.74, 6) is 0.495. The van der Waals surface area contributed by atoms with E-state index < -0.39 is 0 Å². The van der Waals surface area contributed by atoms with Crippen molar-refractivity contribution in [1.29, 1.82) is 0 Å². The predicted octanol–water partition coefficient (Wildman–Crippen LogP) is 1.78. The molecule has 2 aliphatic rings. The number of ether oxygens (including phenoxy) is 2. The van der Waals surface area contributed by atoms with Crippen LogP contribution < -0.4 is 5.73 Å². The molecule has 3 atom stereocenters. The Hall–Kier alpha value is -0.490. The lowest BCUT2D eigenvalue weighted by molar-refractivity contribution is 0.100. The molecule has 3 rings (SSSR count). The molecular weight excluding hydrogens is 236 g/mol. The fourth-order valence-electron chi connectivity index (χ4n) is 2.87. The summed E-state index contributed by atoms with van der Waals surface area (Å²) in [6.07, 6.45) is 4.41. The van der Waals surface area contributed by atoms with E-state index >= 15 is 0 Å². The fourth-order valence-corrected chi connectivity index (χ4v) is 3.98. The topological polar surface area (TPSA) is 57.4 Å². The highest BCUT2D eigenvalue weighted by atomic mass is 32.1. The van der Waals surface area contributed by atoms with Gasteiger partial charge in [0.1, 0.15) is 0 Å². The summed E-state index contributed by atoms with van der Waals surface area (Å²) in [6, 6.07) is 0. The number of thiazole rings is 1. The van der Waals surface area contributed by atoms with Crippen LogP contribution in [0.4, 0.5) is 0 Å². The third-order valence-electron chi connectivity index (χ3n) is 3.68. The van der Waals surface area contributed by atoms with Gasteiger partial charge in [0.25, 0.3) is 0 Å². The van der Waals surface area contributed by atoms with Gasteiger partial charge in [-0.15, -0.1) is 11.3 Å². The smallest absolute Gasteiger partial charge is 0.0990 e. The van der Waals surface area contributed by atoms with Gasteiger partial charge in [-0.05, 0) is 19.3 Å². The molecule has 0 radical (unpaired) electrons. The van der Waals surface area contributed by atoms with Crippen molar-refractivity contribution in [2.24, 2.45) is 5.73 Å². The quantitative estimate of drug-likeness (QED) is 0.890. The minimum Gasteiger partial charge on any atom is -0.378 e. The zero-order valence-corrected chi connectivity index (χ0v) is 10.8. The van der Waals surface area contributed by atoms with Crippen LogP contribution in [-0.2, 0) is 22.6 Å². The lowest BCUT2D eigenvalue weighted by Crippen LogP contribution is -2.14. The van der Waals surface area contributed by atoms with Gasteiger partial charge in [-0.1, -0.05) is 0 Å². The van der Waals surface area contributed by atoms with Crippen molar-refractivity contribution in [3.05, 3.63) is 15.6 Å². The molecule has 2 bridgehead atoms. The lowest BCUT2D eigenvalue weighted by atomic mass is 9.90. The largest absolute Gasteiger partial charge is 0.378 e. The molecule has 0 spiro atoms. The Morgan fingerprint density at radius 1 is 1.53 bits per heavy atom. The average molecular weight is 254 g/mol. The van der Waals surface area contributed by atoms with Crippen LogP contribution in [-0.4, -0.2) is 24.3 Å². The molecule has 4 nitrogen and oxygen atoms in total. The molecular formula is C12H18N2O2S. The van der Waals surface area contributed by atoms with Gasteiger partial charge in [0.15, 0.2) is 0 Å². The highest BCUT2D eigenvalue weighted by Crippen LogP contribution is 2.45. The summed E-state index contributed by atoms with van der Waals surface area (Å²) in [4.78, 5) is 5.86. The Morgan fingerprint density at radius 2 is 2.41 bits per heavy atom. The highest BCUT2D eigenvalue weighted by Gasteiger charge is 2.43. The van der Waals surface area contributed by atoms with Gasteiger partial charge in [0.2, 0.25) is 0 Å². The predicted molar refractivity (Wildman–Crippen MR) is 66.0 cm³/mol. The molecule has 5 heteroatoms. The Bertz CT molecular complexity index is 407. The Labute approximate surface area is 105 Å². The normalized spacial score (nSPS) is 31.3. The second kappa shape index (κ2) is 4.65. The molecule has 3 unspecified atom stereocenters. The van der Waals surface area contributed by atoms with Crippen molar-refractivity contribution >= 4 is 11.3 Å². The van der Waals surface area contributed by atoms with E-state index in [1.807, 2.05) is 0 Å². The first-order valence-corrected chi connectivity index (χ1v) is 6.96. The molecule has 0 amide bonds. The molecule has 2 N–H and O–H groups in total. The van der Waals surface area contributed by atoms with E-state index in [0.717, 1.165) is 17.0 Å². The van der Waals surface area contributed by atoms with Crippen molar-refractivity contribution in [2.45, 2.75) is 50.5 Å². The van der Waals surface area contributed by atoms with E-state index in [9.17, 15) is 0 Å².